The van der Waals surface area contributed by atoms with Crippen LogP contribution in [0.25, 0.3) is 0 Å². The molecule has 0 saturated heterocycles. The topological polar surface area (TPSA) is 51.8 Å². The van der Waals surface area contributed by atoms with Crippen molar-refractivity contribution in [3.8, 4) is 0 Å². The number of pyridine rings is 1. The molecule has 2 heterocycles. The second-order valence-corrected chi connectivity index (χ2v) is 6.36. The van der Waals surface area contributed by atoms with Gasteiger partial charge in [0.2, 0.25) is 0 Å². The second-order valence-electron chi connectivity index (χ2n) is 4.23. The van der Waals surface area contributed by atoms with Crippen LogP contribution in [-0.2, 0) is 6.42 Å². The summed E-state index contributed by atoms with van der Waals surface area (Å²) in [4.78, 5) is 8.86. The Balaban J connectivity index is 1.99. The van der Waals surface area contributed by atoms with Crippen LogP contribution in [0.5, 0.6) is 0 Å². The van der Waals surface area contributed by atoms with Gasteiger partial charge < -0.3 is 5.73 Å². The monoisotopic (exact) mass is 279 g/mol. The number of nitrogens with two attached hydrogens (primary N) is 1. The Morgan fingerprint density at radius 1 is 1.44 bits per heavy atom. The molecule has 0 amide bonds. The van der Waals surface area contributed by atoms with Gasteiger partial charge in [-0.15, -0.1) is 11.3 Å². The summed E-state index contributed by atoms with van der Waals surface area (Å²) in [6.07, 6.45) is 3.80. The van der Waals surface area contributed by atoms with Crippen LogP contribution >= 0.6 is 23.1 Å². The van der Waals surface area contributed by atoms with Crippen LogP contribution in [0.2, 0.25) is 0 Å². The lowest BCUT2D eigenvalue weighted by molar-refractivity contribution is 0.644. The molecule has 0 aliphatic rings. The zero-order chi connectivity index (χ0) is 13.0. The largest absolute Gasteiger partial charge is 0.327 e. The molecule has 0 fully saturated rings. The van der Waals surface area contributed by atoms with E-state index in [0.717, 1.165) is 27.9 Å². The Morgan fingerprint density at radius 3 is 2.83 bits per heavy atom. The average Bonchev–Trinajstić information content (AvgIpc) is 2.77. The van der Waals surface area contributed by atoms with Gasteiger partial charge in [-0.1, -0.05) is 13.0 Å². The molecule has 2 aromatic rings. The number of aryl methyl sites for hydroxylation is 1. The van der Waals surface area contributed by atoms with E-state index in [1.807, 2.05) is 19.2 Å². The van der Waals surface area contributed by atoms with Crippen LogP contribution < -0.4 is 5.73 Å². The van der Waals surface area contributed by atoms with E-state index in [4.69, 9.17) is 5.73 Å². The quantitative estimate of drug-likeness (QED) is 0.912. The molecule has 0 spiro atoms. The molecule has 1 unspecified atom stereocenters. The Labute approximate surface area is 116 Å². The summed E-state index contributed by atoms with van der Waals surface area (Å²) in [5.41, 5.74) is 8.19. The van der Waals surface area contributed by atoms with Gasteiger partial charge in [-0.25, -0.2) is 9.97 Å². The lowest BCUT2D eigenvalue weighted by atomic mass is 10.1. The summed E-state index contributed by atoms with van der Waals surface area (Å²) in [7, 11) is 0. The Hall–Kier alpha value is -0.910. The van der Waals surface area contributed by atoms with Crippen molar-refractivity contribution in [1.82, 2.24) is 9.97 Å². The highest BCUT2D eigenvalue weighted by Gasteiger charge is 2.05. The van der Waals surface area contributed by atoms with Gasteiger partial charge in [0.15, 0.2) is 4.34 Å². The zero-order valence-corrected chi connectivity index (χ0v) is 12.2. The van der Waals surface area contributed by atoms with E-state index < -0.39 is 0 Å². The minimum atomic E-state index is 0.229. The fourth-order valence-corrected chi connectivity index (χ4v) is 3.23. The lowest BCUT2D eigenvalue weighted by Crippen LogP contribution is -2.21. The van der Waals surface area contributed by atoms with Gasteiger partial charge in [-0.2, -0.15) is 0 Å². The molecular weight excluding hydrogens is 262 g/mol. The van der Waals surface area contributed by atoms with Crippen molar-refractivity contribution in [3.63, 3.8) is 0 Å². The molecular formula is C13H17N3S2. The summed E-state index contributed by atoms with van der Waals surface area (Å²) in [6.45, 7) is 4.11. The number of thiazole rings is 1. The minimum absolute atomic E-state index is 0.229. The first-order chi connectivity index (χ1) is 8.67. The summed E-state index contributed by atoms with van der Waals surface area (Å²) >= 11 is 3.26. The third-order valence-electron chi connectivity index (χ3n) is 2.61. The maximum absolute atomic E-state index is 5.93. The molecule has 0 bridgehead atoms. The third kappa shape index (κ3) is 3.80. The molecule has 18 heavy (non-hydrogen) atoms. The summed E-state index contributed by atoms with van der Waals surface area (Å²) < 4.78 is 1.04. The Bertz CT molecular complexity index is 493. The van der Waals surface area contributed by atoms with Gasteiger partial charge in [-0.05, 0) is 43.2 Å². The summed E-state index contributed by atoms with van der Waals surface area (Å²) in [5, 5.41) is 3.04. The van der Waals surface area contributed by atoms with Crippen LogP contribution in [0.3, 0.4) is 0 Å². The SMILES string of the molecule is CCC(N)Cc1ccc(Sc2nc(C)cs2)nc1. The first-order valence-electron chi connectivity index (χ1n) is 5.98. The first-order valence-corrected chi connectivity index (χ1v) is 7.67. The fraction of sp³-hybridized carbons (Fsp3) is 0.385. The van der Waals surface area contributed by atoms with Crippen molar-refractivity contribution >= 4 is 23.1 Å². The first kappa shape index (κ1) is 13.5. The van der Waals surface area contributed by atoms with Crippen LogP contribution in [0, 0.1) is 6.92 Å². The van der Waals surface area contributed by atoms with E-state index in [2.05, 4.69) is 28.3 Å². The number of rotatable bonds is 5. The molecule has 0 aromatic carbocycles. The van der Waals surface area contributed by atoms with E-state index >= 15 is 0 Å². The number of hydrogen-bond donors (Lipinski definition) is 1. The van der Waals surface area contributed by atoms with E-state index in [1.165, 1.54) is 5.56 Å². The van der Waals surface area contributed by atoms with Crippen LogP contribution in [0.4, 0.5) is 0 Å². The van der Waals surface area contributed by atoms with E-state index in [1.54, 1.807) is 23.1 Å². The van der Waals surface area contributed by atoms with Crippen LogP contribution in [0.15, 0.2) is 33.1 Å². The van der Waals surface area contributed by atoms with Gasteiger partial charge in [-0.3, -0.25) is 0 Å². The third-order valence-corrected chi connectivity index (χ3v) is 4.62. The zero-order valence-electron chi connectivity index (χ0n) is 10.6. The smallest absolute Gasteiger partial charge is 0.156 e. The van der Waals surface area contributed by atoms with Crippen molar-refractivity contribution in [1.29, 1.82) is 0 Å². The Morgan fingerprint density at radius 2 is 2.28 bits per heavy atom. The van der Waals surface area contributed by atoms with E-state index in [0.29, 0.717) is 0 Å². The minimum Gasteiger partial charge on any atom is -0.327 e. The average molecular weight is 279 g/mol. The molecule has 0 saturated carbocycles. The van der Waals surface area contributed by atoms with Crippen LogP contribution in [0.1, 0.15) is 24.6 Å². The second kappa shape index (κ2) is 6.31. The maximum Gasteiger partial charge on any atom is 0.156 e. The number of nitrogens with zero attached hydrogens (tertiary/aromatic N) is 2. The van der Waals surface area contributed by atoms with Crippen LogP contribution in [-0.4, -0.2) is 16.0 Å². The van der Waals surface area contributed by atoms with E-state index in [-0.39, 0.29) is 6.04 Å². The maximum atomic E-state index is 5.93. The molecule has 2 rings (SSSR count). The van der Waals surface area contributed by atoms with Crippen molar-refractivity contribution in [3.05, 3.63) is 35.0 Å². The van der Waals surface area contributed by atoms with E-state index in [9.17, 15) is 0 Å². The molecule has 2 N–H and O–H groups in total. The highest BCUT2D eigenvalue weighted by Crippen LogP contribution is 2.28. The van der Waals surface area contributed by atoms with Gasteiger partial charge in [0, 0.05) is 23.3 Å². The van der Waals surface area contributed by atoms with Crippen molar-refractivity contribution in [2.45, 2.75) is 42.1 Å². The highest BCUT2D eigenvalue weighted by molar-refractivity contribution is 8.01. The summed E-state index contributed by atoms with van der Waals surface area (Å²) in [6, 6.07) is 4.37. The molecule has 2 aromatic heterocycles. The molecule has 0 aliphatic heterocycles. The predicted molar refractivity (Wildman–Crippen MR) is 77.2 cm³/mol. The molecule has 5 heteroatoms. The molecule has 96 valence electrons. The summed E-state index contributed by atoms with van der Waals surface area (Å²) in [5.74, 6) is 0. The van der Waals surface area contributed by atoms with Crippen molar-refractivity contribution in [2.24, 2.45) is 5.73 Å². The number of hydrogen-bond acceptors (Lipinski definition) is 5. The lowest BCUT2D eigenvalue weighted by Gasteiger charge is -2.08. The van der Waals surface area contributed by atoms with Gasteiger partial charge in [0.25, 0.3) is 0 Å². The standard InChI is InChI=1S/C13H17N3S2/c1-3-11(14)6-10-4-5-12(15-7-10)18-13-16-9(2)8-17-13/h4-5,7-8,11H,3,6,14H2,1-2H3. The van der Waals surface area contributed by atoms with Crippen molar-refractivity contribution < 1.29 is 0 Å². The molecule has 3 nitrogen and oxygen atoms in total. The Kier molecular flexibility index (Phi) is 4.74. The molecule has 1 atom stereocenters. The normalized spacial score (nSPS) is 12.6. The van der Waals surface area contributed by atoms with Crippen molar-refractivity contribution in [2.75, 3.05) is 0 Å². The van der Waals surface area contributed by atoms with Gasteiger partial charge in [0.1, 0.15) is 5.03 Å². The van der Waals surface area contributed by atoms with Gasteiger partial charge >= 0.3 is 0 Å². The molecule has 0 radical (unpaired) electrons. The van der Waals surface area contributed by atoms with Gasteiger partial charge in [0.05, 0.1) is 0 Å². The molecule has 0 aliphatic carbocycles. The number of aromatic nitrogens is 2. The predicted octanol–water partition coefficient (Wildman–Crippen LogP) is 3.28. The highest BCUT2D eigenvalue weighted by atomic mass is 32.2. The fourth-order valence-electron chi connectivity index (χ4n) is 1.51.